The van der Waals surface area contributed by atoms with E-state index < -0.39 is 0 Å². The van der Waals surface area contributed by atoms with Gasteiger partial charge in [0.2, 0.25) is 0 Å². The zero-order valence-electron chi connectivity index (χ0n) is 14.5. The van der Waals surface area contributed by atoms with Crippen molar-refractivity contribution in [2.45, 2.75) is 45.3 Å². The molecule has 0 spiro atoms. The highest BCUT2D eigenvalue weighted by atomic mass is 35.5. The first kappa shape index (κ1) is 18.8. The minimum atomic E-state index is 0. The number of ether oxygens (including phenoxy) is 1. The van der Waals surface area contributed by atoms with Crippen LogP contribution in [0.25, 0.3) is 0 Å². The Labute approximate surface area is 152 Å². The van der Waals surface area contributed by atoms with Crippen LogP contribution in [-0.2, 0) is 6.42 Å². The summed E-state index contributed by atoms with van der Waals surface area (Å²) in [5.41, 5.74) is 2.60. The van der Waals surface area contributed by atoms with Crippen molar-refractivity contribution in [3.8, 4) is 5.75 Å². The molecule has 1 aliphatic heterocycles. The maximum atomic E-state index is 6.43. The molecular formula is C21H28ClNO. The van der Waals surface area contributed by atoms with Gasteiger partial charge in [-0.05, 0) is 36.5 Å². The molecule has 0 aliphatic carbocycles. The van der Waals surface area contributed by atoms with Crippen molar-refractivity contribution < 1.29 is 4.74 Å². The van der Waals surface area contributed by atoms with Gasteiger partial charge in [-0.2, -0.15) is 0 Å². The largest absolute Gasteiger partial charge is 0.475 e. The molecular weight excluding hydrogens is 318 g/mol. The van der Waals surface area contributed by atoms with Gasteiger partial charge < -0.3 is 4.74 Å². The zero-order valence-corrected chi connectivity index (χ0v) is 15.3. The molecule has 2 aromatic carbocycles. The molecule has 2 aromatic rings. The second kappa shape index (κ2) is 9.71. The van der Waals surface area contributed by atoms with E-state index in [1.165, 1.54) is 43.5 Å². The molecule has 0 N–H and O–H groups in total. The Morgan fingerprint density at radius 2 is 1.58 bits per heavy atom. The molecule has 1 aliphatic rings. The fourth-order valence-corrected chi connectivity index (χ4v) is 3.35. The summed E-state index contributed by atoms with van der Waals surface area (Å²) in [6.45, 7) is 4.55. The SMILES string of the molecule is CCC(Oc1ccccc1Cc1ccccc1)N1CCCCC1.Cl. The number of rotatable bonds is 6. The Bertz CT molecular complexity index is 596. The van der Waals surface area contributed by atoms with Crippen LogP contribution in [0.15, 0.2) is 54.6 Å². The lowest BCUT2D eigenvalue weighted by atomic mass is 10.0. The second-order valence-electron chi connectivity index (χ2n) is 6.35. The standard InChI is InChI=1S/C21H27NO.ClH/c1-2-21(22-15-9-4-10-16-22)23-20-14-8-7-13-19(20)17-18-11-5-3-6-12-18;/h3,5-8,11-14,21H,2,4,9-10,15-17H2,1H3;1H. The van der Waals surface area contributed by atoms with E-state index in [0.29, 0.717) is 0 Å². The third-order valence-corrected chi connectivity index (χ3v) is 4.62. The average Bonchev–Trinajstić information content (AvgIpc) is 2.62. The molecule has 0 radical (unpaired) electrons. The van der Waals surface area contributed by atoms with Gasteiger partial charge in [-0.3, -0.25) is 4.90 Å². The van der Waals surface area contributed by atoms with Crippen molar-refractivity contribution in [2.24, 2.45) is 0 Å². The molecule has 1 saturated heterocycles. The van der Waals surface area contributed by atoms with E-state index in [-0.39, 0.29) is 18.6 Å². The molecule has 1 fully saturated rings. The summed E-state index contributed by atoms with van der Waals surface area (Å²) in [5, 5.41) is 0. The minimum absolute atomic E-state index is 0. The van der Waals surface area contributed by atoms with Crippen molar-refractivity contribution in [1.82, 2.24) is 4.90 Å². The van der Waals surface area contributed by atoms with Crippen molar-refractivity contribution in [3.63, 3.8) is 0 Å². The van der Waals surface area contributed by atoms with E-state index in [1.807, 2.05) is 0 Å². The van der Waals surface area contributed by atoms with E-state index in [9.17, 15) is 0 Å². The fourth-order valence-electron chi connectivity index (χ4n) is 3.35. The van der Waals surface area contributed by atoms with Crippen LogP contribution in [0, 0.1) is 0 Å². The number of halogens is 1. The smallest absolute Gasteiger partial charge is 0.152 e. The Morgan fingerprint density at radius 1 is 0.917 bits per heavy atom. The average molecular weight is 346 g/mol. The predicted molar refractivity (Wildman–Crippen MR) is 103 cm³/mol. The lowest BCUT2D eigenvalue weighted by molar-refractivity contribution is 0.00927. The molecule has 24 heavy (non-hydrogen) atoms. The predicted octanol–water partition coefficient (Wildman–Crippen LogP) is 5.30. The summed E-state index contributed by atoms with van der Waals surface area (Å²) in [6, 6.07) is 19.1. The van der Waals surface area contributed by atoms with Crippen LogP contribution >= 0.6 is 12.4 Å². The summed E-state index contributed by atoms with van der Waals surface area (Å²) in [5.74, 6) is 1.04. The number of benzene rings is 2. The third-order valence-electron chi connectivity index (χ3n) is 4.62. The number of likely N-dealkylation sites (tertiary alicyclic amines) is 1. The van der Waals surface area contributed by atoms with Gasteiger partial charge in [-0.1, -0.05) is 61.9 Å². The Balaban J connectivity index is 0.00000208. The van der Waals surface area contributed by atoms with Gasteiger partial charge in [-0.25, -0.2) is 0 Å². The molecule has 0 saturated carbocycles. The van der Waals surface area contributed by atoms with Crippen LogP contribution in [0.5, 0.6) is 5.75 Å². The Kier molecular flexibility index (Phi) is 7.61. The Hall–Kier alpha value is -1.51. The summed E-state index contributed by atoms with van der Waals surface area (Å²) in [4.78, 5) is 2.50. The molecule has 1 heterocycles. The summed E-state index contributed by atoms with van der Waals surface area (Å²) >= 11 is 0. The first-order valence-corrected chi connectivity index (χ1v) is 8.89. The van der Waals surface area contributed by atoms with E-state index >= 15 is 0 Å². The van der Waals surface area contributed by atoms with Crippen molar-refractivity contribution >= 4 is 12.4 Å². The Morgan fingerprint density at radius 3 is 2.29 bits per heavy atom. The number of piperidine rings is 1. The lowest BCUT2D eigenvalue weighted by Crippen LogP contribution is -2.42. The number of hydrogen-bond acceptors (Lipinski definition) is 2. The van der Waals surface area contributed by atoms with Gasteiger partial charge in [0.1, 0.15) is 5.75 Å². The lowest BCUT2D eigenvalue weighted by Gasteiger charge is -2.34. The first-order chi connectivity index (χ1) is 11.4. The van der Waals surface area contributed by atoms with Crippen molar-refractivity contribution in [3.05, 3.63) is 65.7 Å². The molecule has 0 amide bonds. The van der Waals surface area contributed by atoms with Crippen LogP contribution in [0.4, 0.5) is 0 Å². The van der Waals surface area contributed by atoms with Gasteiger partial charge in [0, 0.05) is 19.5 Å². The maximum Gasteiger partial charge on any atom is 0.152 e. The topological polar surface area (TPSA) is 12.5 Å². The van der Waals surface area contributed by atoms with Crippen molar-refractivity contribution in [2.75, 3.05) is 13.1 Å². The molecule has 130 valence electrons. The van der Waals surface area contributed by atoms with Crippen LogP contribution in [0.1, 0.15) is 43.7 Å². The summed E-state index contributed by atoms with van der Waals surface area (Å²) in [6.07, 6.45) is 6.11. The van der Waals surface area contributed by atoms with Crippen LogP contribution in [-0.4, -0.2) is 24.2 Å². The van der Waals surface area contributed by atoms with Gasteiger partial charge in [0.05, 0.1) is 0 Å². The molecule has 3 heteroatoms. The summed E-state index contributed by atoms with van der Waals surface area (Å²) in [7, 11) is 0. The van der Waals surface area contributed by atoms with E-state index in [1.54, 1.807) is 0 Å². The van der Waals surface area contributed by atoms with E-state index in [4.69, 9.17) is 4.74 Å². The fraction of sp³-hybridized carbons (Fsp3) is 0.429. The maximum absolute atomic E-state index is 6.43. The normalized spacial score (nSPS) is 16.2. The number of nitrogens with zero attached hydrogens (tertiary/aromatic N) is 1. The van der Waals surface area contributed by atoms with Crippen LogP contribution < -0.4 is 4.74 Å². The van der Waals surface area contributed by atoms with Gasteiger partial charge in [-0.15, -0.1) is 12.4 Å². The van der Waals surface area contributed by atoms with Gasteiger partial charge >= 0.3 is 0 Å². The number of hydrogen-bond donors (Lipinski definition) is 0. The minimum Gasteiger partial charge on any atom is -0.475 e. The van der Waals surface area contributed by atoms with Gasteiger partial charge in [0.25, 0.3) is 0 Å². The molecule has 0 bridgehead atoms. The van der Waals surface area contributed by atoms with Gasteiger partial charge in [0.15, 0.2) is 6.23 Å². The molecule has 3 rings (SSSR count). The number of para-hydroxylation sites is 1. The highest BCUT2D eigenvalue weighted by Crippen LogP contribution is 2.25. The highest BCUT2D eigenvalue weighted by molar-refractivity contribution is 5.85. The van der Waals surface area contributed by atoms with E-state index in [2.05, 4.69) is 66.4 Å². The molecule has 1 unspecified atom stereocenters. The second-order valence-corrected chi connectivity index (χ2v) is 6.35. The van der Waals surface area contributed by atoms with Crippen LogP contribution in [0.2, 0.25) is 0 Å². The third kappa shape index (κ3) is 4.99. The van der Waals surface area contributed by atoms with Crippen molar-refractivity contribution in [1.29, 1.82) is 0 Å². The van der Waals surface area contributed by atoms with E-state index in [0.717, 1.165) is 18.6 Å². The molecule has 2 nitrogen and oxygen atoms in total. The highest BCUT2D eigenvalue weighted by Gasteiger charge is 2.21. The zero-order chi connectivity index (χ0) is 15.9. The van der Waals surface area contributed by atoms with Crippen LogP contribution in [0.3, 0.4) is 0 Å². The quantitative estimate of drug-likeness (QED) is 0.704. The molecule has 1 atom stereocenters. The first-order valence-electron chi connectivity index (χ1n) is 8.89. The monoisotopic (exact) mass is 345 g/mol. The summed E-state index contributed by atoms with van der Waals surface area (Å²) < 4.78 is 6.43. The molecule has 0 aromatic heterocycles.